The van der Waals surface area contributed by atoms with Crippen LogP contribution in [0.2, 0.25) is 0 Å². The Morgan fingerprint density at radius 1 is 1.71 bits per heavy atom. The first-order chi connectivity index (χ1) is 6.50. The summed E-state index contributed by atoms with van der Waals surface area (Å²) in [6.45, 7) is 1.70. The molecule has 14 heavy (non-hydrogen) atoms. The molecule has 0 radical (unpaired) electrons. The summed E-state index contributed by atoms with van der Waals surface area (Å²) in [6, 6.07) is -1.39. The maximum atomic E-state index is 12.4. The molecule has 0 aliphatic rings. The van der Waals surface area contributed by atoms with E-state index in [1.165, 1.54) is 12.4 Å². The van der Waals surface area contributed by atoms with Crippen molar-refractivity contribution < 1.29 is 18.7 Å². The van der Waals surface area contributed by atoms with Crippen molar-refractivity contribution >= 4 is 5.97 Å². The molecule has 1 atom stereocenters. The van der Waals surface area contributed by atoms with E-state index in [9.17, 15) is 13.6 Å². The van der Waals surface area contributed by atoms with Crippen LogP contribution in [-0.2, 0) is 4.79 Å². The molecule has 4 nitrogen and oxygen atoms in total. The van der Waals surface area contributed by atoms with Gasteiger partial charge < -0.3 is 5.11 Å². The van der Waals surface area contributed by atoms with Gasteiger partial charge in [-0.25, -0.2) is 8.78 Å². The second kappa shape index (κ2) is 4.17. The average Bonchev–Trinajstić information content (AvgIpc) is 2.46. The summed E-state index contributed by atoms with van der Waals surface area (Å²) < 4.78 is 25.9. The Kier molecular flexibility index (Phi) is 3.16. The number of carboxylic acids is 1. The molecule has 0 aromatic carbocycles. The highest BCUT2D eigenvalue weighted by atomic mass is 19.3. The van der Waals surface area contributed by atoms with Gasteiger partial charge in [0.15, 0.2) is 0 Å². The predicted octanol–water partition coefficient (Wildman–Crippen LogP) is 1.47. The van der Waals surface area contributed by atoms with Gasteiger partial charge in [0.25, 0.3) is 6.43 Å². The van der Waals surface area contributed by atoms with Gasteiger partial charge in [-0.15, -0.1) is 0 Å². The van der Waals surface area contributed by atoms with Gasteiger partial charge >= 0.3 is 5.97 Å². The second-order valence-electron chi connectivity index (χ2n) is 3.00. The lowest BCUT2D eigenvalue weighted by Gasteiger charge is -2.13. The molecule has 0 bridgehead atoms. The molecule has 1 aromatic rings. The van der Waals surface area contributed by atoms with E-state index in [0.717, 1.165) is 10.2 Å². The van der Waals surface area contributed by atoms with Crippen LogP contribution >= 0.6 is 0 Å². The van der Waals surface area contributed by atoms with Crippen LogP contribution < -0.4 is 0 Å². The number of rotatable bonds is 4. The molecule has 0 fully saturated rings. The van der Waals surface area contributed by atoms with Crippen LogP contribution in [0.15, 0.2) is 12.4 Å². The third-order valence-electron chi connectivity index (χ3n) is 1.75. The molecule has 6 heteroatoms. The fraction of sp³-hybridized carbons (Fsp3) is 0.500. The Morgan fingerprint density at radius 2 is 2.36 bits per heavy atom. The number of aliphatic carboxylic acids is 1. The highest BCUT2D eigenvalue weighted by molar-refractivity contribution is 5.67. The molecule has 0 saturated heterocycles. The number of aromatic nitrogens is 2. The minimum Gasteiger partial charge on any atom is -0.481 e. The minimum atomic E-state index is -2.73. The lowest BCUT2D eigenvalue weighted by atomic mass is 10.2. The molecule has 1 N–H and O–H groups in total. The lowest BCUT2D eigenvalue weighted by molar-refractivity contribution is -0.139. The van der Waals surface area contributed by atoms with E-state index in [2.05, 4.69) is 5.10 Å². The Hall–Kier alpha value is -1.46. The van der Waals surface area contributed by atoms with Gasteiger partial charge in [-0.2, -0.15) is 5.10 Å². The van der Waals surface area contributed by atoms with Gasteiger partial charge in [-0.05, 0) is 12.5 Å². The van der Waals surface area contributed by atoms with Crippen LogP contribution in [0.25, 0.3) is 0 Å². The maximum Gasteiger partial charge on any atom is 0.305 e. The Balaban J connectivity index is 2.82. The highest BCUT2D eigenvalue weighted by Gasteiger charge is 2.25. The van der Waals surface area contributed by atoms with Crippen LogP contribution in [0.5, 0.6) is 0 Å². The molecule has 1 rings (SSSR count). The van der Waals surface area contributed by atoms with Gasteiger partial charge in [-0.1, -0.05) is 0 Å². The zero-order valence-electron chi connectivity index (χ0n) is 7.52. The molecule has 1 unspecified atom stereocenters. The molecule has 1 heterocycles. The summed E-state index contributed by atoms with van der Waals surface area (Å²) in [6.07, 6.45) is -0.541. The molecular weight excluding hydrogens is 194 g/mol. The van der Waals surface area contributed by atoms with E-state index in [1.807, 2.05) is 0 Å². The molecule has 78 valence electrons. The summed E-state index contributed by atoms with van der Waals surface area (Å²) in [5.41, 5.74) is 0.723. The Labute approximate surface area is 79.2 Å². The Morgan fingerprint density at radius 3 is 2.71 bits per heavy atom. The van der Waals surface area contributed by atoms with Crippen molar-refractivity contribution in [2.45, 2.75) is 25.8 Å². The van der Waals surface area contributed by atoms with Crippen molar-refractivity contribution in [1.82, 2.24) is 9.78 Å². The van der Waals surface area contributed by atoms with Gasteiger partial charge in [-0.3, -0.25) is 9.48 Å². The summed E-state index contributed by atoms with van der Waals surface area (Å²) in [7, 11) is 0. The van der Waals surface area contributed by atoms with Crippen LogP contribution in [0.3, 0.4) is 0 Å². The van der Waals surface area contributed by atoms with E-state index in [-0.39, 0.29) is 0 Å². The number of aryl methyl sites for hydroxylation is 1. The third kappa shape index (κ3) is 2.51. The zero-order chi connectivity index (χ0) is 10.7. The number of halogens is 2. The average molecular weight is 204 g/mol. The second-order valence-corrected chi connectivity index (χ2v) is 3.00. The Bertz CT molecular complexity index is 325. The van der Waals surface area contributed by atoms with Crippen molar-refractivity contribution in [3.8, 4) is 0 Å². The summed E-state index contributed by atoms with van der Waals surface area (Å²) in [5.74, 6) is -1.26. The normalized spacial score (nSPS) is 13.1. The lowest BCUT2D eigenvalue weighted by Crippen LogP contribution is -2.21. The van der Waals surface area contributed by atoms with Crippen molar-refractivity contribution in [2.24, 2.45) is 0 Å². The van der Waals surface area contributed by atoms with Crippen molar-refractivity contribution in [1.29, 1.82) is 0 Å². The number of alkyl halides is 2. The fourth-order valence-corrected chi connectivity index (χ4v) is 1.09. The first kappa shape index (κ1) is 10.6. The zero-order valence-corrected chi connectivity index (χ0v) is 7.52. The quantitative estimate of drug-likeness (QED) is 0.808. The maximum absolute atomic E-state index is 12.4. The van der Waals surface area contributed by atoms with Crippen LogP contribution in [0.4, 0.5) is 8.78 Å². The van der Waals surface area contributed by atoms with Crippen LogP contribution in [0.1, 0.15) is 18.0 Å². The summed E-state index contributed by atoms with van der Waals surface area (Å²) >= 11 is 0. The predicted molar refractivity (Wildman–Crippen MR) is 44.3 cm³/mol. The smallest absolute Gasteiger partial charge is 0.305 e. The van der Waals surface area contributed by atoms with E-state index in [4.69, 9.17) is 5.11 Å². The van der Waals surface area contributed by atoms with E-state index in [0.29, 0.717) is 0 Å². The molecule has 0 spiro atoms. The number of nitrogens with zero attached hydrogens (tertiary/aromatic N) is 2. The van der Waals surface area contributed by atoms with Gasteiger partial charge in [0, 0.05) is 6.20 Å². The monoisotopic (exact) mass is 204 g/mol. The van der Waals surface area contributed by atoms with Crippen molar-refractivity contribution in [3.05, 3.63) is 18.0 Å². The van der Waals surface area contributed by atoms with Crippen LogP contribution in [-0.4, -0.2) is 27.3 Å². The first-order valence-corrected chi connectivity index (χ1v) is 4.01. The topological polar surface area (TPSA) is 55.1 Å². The number of carboxylic acid groups (broad SMARTS) is 1. The molecular formula is C8H10F2N2O2. The molecule has 0 saturated carbocycles. The van der Waals surface area contributed by atoms with Gasteiger partial charge in [0.2, 0.25) is 0 Å². The highest BCUT2D eigenvalue weighted by Crippen LogP contribution is 2.19. The fourth-order valence-electron chi connectivity index (χ4n) is 1.09. The van der Waals surface area contributed by atoms with E-state index < -0.39 is 24.9 Å². The molecule has 0 amide bonds. The van der Waals surface area contributed by atoms with Gasteiger partial charge in [0.1, 0.15) is 6.04 Å². The minimum absolute atomic E-state index is 0.626. The molecule has 0 aliphatic heterocycles. The van der Waals surface area contributed by atoms with Crippen molar-refractivity contribution in [3.63, 3.8) is 0 Å². The van der Waals surface area contributed by atoms with Gasteiger partial charge in [0.05, 0.1) is 12.6 Å². The number of hydrogen-bond acceptors (Lipinski definition) is 2. The number of carbonyl (C=O) groups is 1. The van der Waals surface area contributed by atoms with E-state index in [1.54, 1.807) is 6.92 Å². The first-order valence-electron chi connectivity index (χ1n) is 4.01. The summed E-state index contributed by atoms with van der Waals surface area (Å²) in [5, 5.41) is 12.1. The molecule has 0 aliphatic carbocycles. The largest absolute Gasteiger partial charge is 0.481 e. The number of hydrogen-bond donors (Lipinski definition) is 1. The molecule has 1 aromatic heterocycles. The summed E-state index contributed by atoms with van der Waals surface area (Å²) in [4.78, 5) is 10.3. The van der Waals surface area contributed by atoms with Crippen LogP contribution in [0, 0.1) is 6.92 Å². The standard InChI is InChI=1S/C8H10F2N2O2/c1-5-3-11-12(4-5)6(8(9)10)2-7(13)14/h3-4,6,8H,2H2,1H3,(H,13,14). The van der Waals surface area contributed by atoms with Crippen molar-refractivity contribution in [2.75, 3.05) is 0 Å². The SMILES string of the molecule is Cc1cnn(C(CC(=O)O)C(F)F)c1. The third-order valence-corrected chi connectivity index (χ3v) is 1.75. The van der Waals surface area contributed by atoms with E-state index >= 15 is 0 Å².